The SMILES string of the molecule is Nc1cccnc1S(=O)(=O)Nc1cccc(F)c1. The second-order valence-corrected chi connectivity index (χ2v) is 5.11. The topological polar surface area (TPSA) is 85.1 Å². The van der Waals surface area contributed by atoms with Crippen molar-refractivity contribution in [1.82, 2.24) is 4.98 Å². The standard InChI is InChI=1S/C11H10FN3O2S/c12-8-3-1-4-9(7-8)15-18(16,17)11-10(13)5-2-6-14-11/h1-7,15H,13H2. The molecule has 7 heteroatoms. The van der Waals surface area contributed by atoms with E-state index in [1.807, 2.05) is 0 Å². The van der Waals surface area contributed by atoms with Gasteiger partial charge >= 0.3 is 0 Å². The Morgan fingerprint density at radius 3 is 2.67 bits per heavy atom. The Bertz CT molecular complexity index is 673. The second-order valence-electron chi connectivity index (χ2n) is 3.51. The molecule has 1 heterocycles. The monoisotopic (exact) mass is 267 g/mol. The summed E-state index contributed by atoms with van der Waals surface area (Å²) in [6.07, 6.45) is 1.32. The zero-order valence-corrected chi connectivity index (χ0v) is 9.99. The van der Waals surface area contributed by atoms with Crippen molar-refractivity contribution < 1.29 is 12.8 Å². The largest absolute Gasteiger partial charge is 0.396 e. The molecule has 3 N–H and O–H groups in total. The first kappa shape index (κ1) is 12.3. The molecule has 94 valence electrons. The molecule has 1 aromatic carbocycles. The normalized spacial score (nSPS) is 11.2. The summed E-state index contributed by atoms with van der Waals surface area (Å²) in [7, 11) is -3.91. The minimum atomic E-state index is -3.91. The van der Waals surface area contributed by atoms with Gasteiger partial charge in [-0.25, -0.2) is 9.37 Å². The summed E-state index contributed by atoms with van der Waals surface area (Å²) in [5, 5.41) is -0.283. The number of hydrogen-bond donors (Lipinski definition) is 2. The summed E-state index contributed by atoms with van der Waals surface area (Å²) in [6, 6.07) is 8.06. The Morgan fingerprint density at radius 2 is 2.00 bits per heavy atom. The number of nitrogen functional groups attached to an aromatic ring is 1. The first-order chi connectivity index (χ1) is 8.49. The van der Waals surface area contributed by atoms with Crippen molar-refractivity contribution in [3.63, 3.8) is 0 Å². The number of pyridine rings is 1. The first-order valence-electron chi connectivity index (χ1n) is 4.98. The third kappa shape index (κ3) is 2.57. The van der Waals surface area contributed by atoms with Crippen molar-refractivity contribution in [3.8, 4) is 0 Å². The minimum Gasteiger partial charge on any atom is -0.396 e. The maximum atomic E-state index is 12.9. The van der Waals surface area contributed by atoms with Crippen molar-refractivity contribution in [1.29, 1.82) is 0 Å². The zero-order valence-electron chi connectivity index (χ0n) is 9.17. The van der Waals surface area contributed by atoms with E-state index < -0.39 is 15.8 Å². The molecule has 0 saturated heterocycles. The van der Waals surface area contributed by atoms with Crippen molar-refractivity contribution >= 4 is 21.4 Å². The van der Waals surface area contributed by atoms with Crippen molar-refractivity contribution in [2.24, 2.45) is 0 Å². The number of halogens is 1. The van der Waals surface area contributed by atoms with E-state index in [-0.39, 0.29) is 16.4 Å². The fourth-order valence-corrected chi connectivity index (χ4v) is 2.50. The molecule has 0 saturated carbocycles. The molecule has 0 atom stereocenters. The van der Waals surface area contributed by atoms with Gasteiger partial charge in [0.1, 0.15) is 5.82 Å². The number of nitrogens with two attached hydrogens (primary N) is 1. The highest BCUT2D eigenvalue weighted by molar-refractivity contribution is 7.92. The van der Waals surface area contributed by atoms with Crippen molar-refractivity contribution in [2.45, 2.75) is 5.03 Å². The lowest BCUT2D eigenvalue weighted by Gasteiger charge is -2.08. The molecule has 0 aliphatic heterocycles. The van der Waals surface area contributed by atoms with Crippen LogP contribution < -0.4 is 10.5 Å². The van der Waals surface area contributed by atoms with E-state index in [1.54, 1.807) is 0 Å². The molecule has 0 aliphatic rings. The van der Waals surface area contributed by atoms with E-state index in [0.717, 1.165) is 6.07 Å². The lowest BCUT2D eigenvalue weighted by molar-refractivity contribution is 0.598. The molecule has 0 spiro atoms. The van der Waals surface area contributed by atoms with E-state index in [2.05, 4.69) is 9.71 Å². The molecule has 5 nitrogen and oxygen atoms in total. The molecule has 2 aromatic rings. The van der Waals surface area contributed by atoms with Gasteiger partial charge in [-0.2, -0.15) is 8.42 Å². The van der Waals surface area contributed by atoms with Gasteiger partial charge in [0, 0.05) is 6.20 Å². The third-order valence-electron chi connectivity index (χ3n) is 2.13. The predicted molar refractivity (Wildman–Crippen MR) is 65.9 cm³/mol. The van der Waals surface area contributed by atoms with Crippen molar-refractivity contribution in [2.75, 3.05) is 10.5 Å². The van der Waals surface area contributed by atoms with Crippen LogP contribution in [0.5, 0.6) is 0 Å². The van der Waals surface area contributed by atoms with Gasteiger partial charge in [0.25, 0.3) is 10.0 Å². The van der Waals surface area contributed by atoms with E-state index in [1.165, 1.54) is 36.5 Å². The Kier molecular flexibility index (Phi) is 3.15. The van der Waals surface area contributed by atoms with E-state index in [0.29, 0.717) is 0 Å². The summed E-state index contributed by atoms with van der Waals surface area (Å²) in [5.41, 5.74) is 5.67. The molecule has 18 heavy (non-hydrogen) atoms. The van der Waals surface area contributed by atoms with Gasteiger partial charge in [-0.1, -0.05) is 6.07 Å². The maximum absolute atomic E-state index is 12.9. The second kappa shape index (κ2) is 4.61. The number of nitrogens with zero attached hydrogens (tertiary/aromatic N) is 1. The van der Waals surface area contributed by atoms with Gasteiger partial charge in [0.05, 0.1) is 11.4 Å². The maximum Gasteiger partial charge on any atom is 0.281 e. The van der Waals surface area contributed by atoms with Gasteiger partial charge in [-0.05, 0) is 30.3 Å². The van der Waals surface area contributed by atoms with Crippen LogP contribution in [0.3, 0.4) is 0 Å². The fraction of sp³-hybridized carbons (Fsp3) is 0. The number of aromatic nitrogens is 1. The zero-order chi connectivity index (χ0) is 13.2. The van der Waals surface area contributed by atoms with Crippen LogP contribution in [0.15, 0.2) is 47.6 Å². The number of sulfonamides is 1. The Morgan fingerprint density at radius 1 is 1.22 bits per heavy atom. The van der Waals surface area contributed by atoms with E-state index in [4.69, 9.17) is 5.73 Å². The molecule has 2 rings (SSSR count). The predicted octanol–water partition coefficient (Wildman–Crippen LogP) is 1.60. The smallest absolute Gasteiger partial charge is 0.281 e. The number of anilines is 2. The number of rotatable bonds is 3. The minimum absolute atomic E-state index is 0.0291. The molecule has 0 unspecified atom stereocenters. The van der Waals surface area contributed by atoms with Gasteiger partial charge in [-0.15, -0.1) is 0 Å². The van der Waals surface area contributed by atoms with E-state index >= 15 is 0 Å². The fourth-order valence-electron chi connectivity index (χ4n) is 1.38. The van der Waals surface area contributed by atoms with Gasteiger partial charge in [0.2, 0.25) is 0 Å². The van der Waals surface area contributed by atoms with Crippen LogP contribution in [0, 0.1) is 5.82 Å². The van der Waals surface area contributed by atoms with Crippen LogP contribution in [0.1, 0.15) is 0 Å². The highest BCUT2D eigenvalue weighted by Gasteiger charge is 2.18. The molecular formula is C11H10FN3O2S. The van der Waals surface area contributed by atoms with Crippen LogP contribution >= 0.6 is 0 Å². The summed E-state index contributed by atoms with van der Waals surface area (Å²) in [5.74, 6) is -0.538. The highest BCUT2D eigenvalue weighted by atomic mass is 32.2. The van der Waals surface area contributed by atoms with Gasteiger partial charge in [-0.3, -0.25) is 4.72 Å². The van der Waals surface area contributed by atoms with Crippen LogP contribution in [-0.2, 0) is 10.0 Å². The molecule has 0 fully saturated rings. The van der Waals surface area contributed by atoms with Crippen LogP contribution in [-0.4, -0.2) is 13.4 Å². The summed E-state index contributed by atoms with van der Waals surface area (Å²) in [4.78, 5) is 3.70. The number of hydrogen-bond acceptors (Lipinski definition) is 4. The van der Waals surface area contributed by atoms with Gasteiger partial charge in [0.15, 0.2) is 5.03 Å². The molecule has 0 radical (unpaired) electrons. The first-order valence-corrected chi connectivity index (χ1v) is 6.46. The Hall–Kier alpha value is -2.15. The Labute approximate surface area is 104 Å². The lowest BCUT2D eigenvalue weighted by Crippen LogP contribution is -2.16. The van der Waals surface area contributed by atoms with Gasteiger partial charge < -0.3 is 5.73 Å². The average Bonchev–Trinajstić information content (AvgIpc) is 2.28. The molecular weight excluding hydrogens is 257 g/mol. The molecule has 0 bridgehead atoms. The molecule has 0 aliphatic carbocycles. The van der Waals surface area contributed by atoms with E-state index in [9.17, 15) is 12.8 Å². The number of nitrogens with one attached hydrogen (secondary N) is 1. The summed E-state index contributed by atoms with van der Waals surface area (Å²) < 4.78 is 39.1. The van der Waals surface area contributed by atoms with Crippen LogP contribution in [0.25, 0.3) is 0 Å². The lowest BCUT2D eigenvalue weighted by atomic mass is 10.3. The van der Waals surface area contributed by atoms with Crippen LogP contribution in [0.2, 0.25) is 0 Å². The quantitative estimate of drug-likeness (QED) is 0.884. The summed E-state index contributed by atoms with van der Waals surface area (Å²) >= 11 is 0. The third-order valence-corrected chi connectivity index (χ3v) is 3.49. The molecule has 0 amide bonds. The molecule has 1 aromatic heterocycles. The average molecular weight is 267 g/mol. The van der Waals surface area contributed by atoms with Crippen molar-refractivity contribution in [3.05, 3.63) is 48.4 Å². The summed E-state index contributed by atoms with van der Waals surface area (Å²) in [6.45, 7) is 0. The Balaban J connectivity index is 2.37. The number of benzene rings is 1. The van der Waals surface area contributed by atoms with Crippen LogP contribution in [0.4, 0.5) is 15.8 Å². The highest BCUT2D eigenvalue weighted by Crippen LogP contribution is 2.19.